The van der Waals surface area contributed by atoms with E-state index in [0.29, 0.717) is 6.42 Å². The van der Waals surface area contributed by atoms with Crippen molar-refractivity contribution in [3.05, 3.63) is 42.1 Å². The Hall–Kier alpha value is -1.90. The fraction of sp³-hybridized carbons (Fsp3) is 0.286. The van der Waals surface area contributed by atoms with Gasteiger partial charge in [0.2, 0.25) is 0 Å². The van der Waals surface area contributed by atoms with Crippen LogP contribution in [-0.4, -0.2) is 16.1 Å². The summed E-state index contributed by atoms with van der Waals surface area (Å²) in [6, 6.07) is 9.82. The summed E-state index contributed by atoms with van der Waals surface area (Å²) in [4.78, 5) is 15.5. The van der Waals surface area contributed by atoms with Crippen LogP contribution >= 0.6 is 0 Å². The molecule has 3 heteroatoms. The second kappa shape index (κ2) is 3.55. The molecule has 1 aromatic carbocycles. The fourth-order valence-corrected chi connectivity index (χ4v) is 2.29. The molecule has 0 bridgehead atoms. The normalized spacial score (nSPS) is 16.9. The van der Waals surface area contributed by atoms with Gasteiger partial charge in [0.15, 0.2) is 0 Å². The number of rotatable bonds is 3. The minimum absolute atomic E-state index is 0.510. The van der Waals surface area contributed by atoms with Crippen LogP contribution in [0.5, 0.6) is 0 Å². The van der Waals surface area contributed by atoms with Crippen molar-refractivity contribution in [2.75, 3.05) is 0 Å². The van der Waals surface area contributed by atoms with E-state index >= 15 is 0 Å². The number of fused-ring (bicyclic) bond motifs is 1. The van der Waals surface area contributed by atoms with Gasteiger partial charge in [-0.3, -0.25) is 9.78 Å². The summed E-state index contributed by atoms with van der Waals surface area (Å²) in [6.45, 7) is 0. The van der Waals surface area contributed by atoms with Crippen LogP contribution in [0.15, 0.2) is 36.5 Å². The third kappa shape index (κ3) is 1.68. The first kappa shape index (κ1) is 10.3. The summed E-state index contributed by atoms with van der Waals surface area (Å²) >= 11 is 0. The summed E-state index contributed by atoms with van der Waals surface area (Å²) in [6.07, 6.45) is 3.96. The monoisotopic (exact) mass is 227 g/mol. The summed E-state index contributed by atoms with van der Waals surface area (Å²) in [5.74, 6) is -0.668. The molecule has 3 rings (SSSR count). The molecule has 0 spiro atoms. The Morgan fingerprint density at radius 3 is 2.76 bits per heavy atom. The second-order valence-electron chi connectivity index (χ2n) is 4.75. The van der Waals surface area contributed by atoms with E-state index < -0.39 is 11.4 Å². The van der Waals surface area contributed by atoms with Gasteiger partial charge in [0.05, 0.1) is 10.9 Å². The zero-order chi connectivity index (χ0) is 11.9. The minimum Gasteiger partial charge on any atom is -0.481 e. The highest BCUT2D eigenvalue weighted by atomic mass is 16.4. The molecule has 0 unspecified atom stereocenters. The summed E-state index contributed by atoms with van der Waals surface area (Å²) in [5.41, 5.74) is 1.52. The number of para-hydroxylation sites is 1. The molecule has 17 heavy (non-hydrogen) atoms. The van der Waals surface area contributed by atoms with E-state index in [1.54, 1.807) is 6.20 Å². The Balaban J connectivity index is 2.04. The summed E-state index contributed by atoms with van der Waals surface area (Å²) in [7, 11) is 0. The Morgan fingerprint density at radius 1 is 1.29 bits per heavy atom. The van der Waals surface area contributed by atoms with E-state index in [0.717, 1.165) is 29.3 Å². The van der Waals surface area contributed by atoms with Crippen LogP contribution in [0.2, 0.25) is 0 Å². The quantitative estimate of drug-likeness (QED) is 0.876. The van der Waals surface area contributed by atoms with E-state index in [1.165, 1.54) is 0 Å². The Labute approximate surface area is 99.1 Å². The zero-order valence-electron chi connectivity index (χ0n) is 9.39. The molecule has 1 aliphatic rings. The molecule has 2 aromatic rings. The largest absolute Gasteiger partial charge is 0.481 e. The van der Waals surface area contributed by atoms with Gasteiger partial charge in [-0.2, -0.15) is 0 Å². The number of nitrogens with zero attached hydrogens (tertiary/aromatic N) is 1. The second-order valence-corrected chi connectivity index (χ2v) is 4.75. The predicted molar refractivity (Wildman–Crippen MR) is 64.7 cm³/mol. The SMILES string of the molecule is O=C(O)C1(Cc2ccnc3ccccc23)CC1. The molecule has 1 aliphatic carbocycles. The maximum atomic E-state index is 11.2. The van der Waals surface area contributed by atoms with Crippen molar-refractivity contribution in [1.82, 2.24) is 4.98 Å². The van der Waals surface area contributed by atoms with Gasteiger partial charge >= 0.3 is 5.97 Å². The maximum Gasteiger partial charge on any atom is 0.309 e. The molecule has 0 aliphatic heterocycles. The lowest BCUT2D eigenvalue weighted by molar-refractivity contribution is -0.143. The first-order valence-electron chi connectivity index (χ1n) is 5.77. The lowest BCUT2D eigenvalue weighted by Crippen LogP contribution is -2.17. The fourth-order valence-electron chi connectivity index (χ4n) is 2.29. The van der Waals surface area contributed by atoms with Crippen molar-refractivity contribution in [3.8, 4) is 0 Å². The van der Waals surface area contributed by atoms with Crippen LogP contribution in [0.1, 0.15) is 18.4 Å². The number of pyridine rings is 1. The standard InChI is InChI=1S/C14H13NO2/c16-13(17)14(6-7-14)9-10-5-8-15-12-4-2-1-3-11(10)12/h1-5,8H,6-7,9H2,(H,16,17). The molecule has 1 fully saturated rings. The van der Waals surface area contributed by atoms with Crippen molar-refractivity contribution in [1.29, 1.82) is 0 Å². The number of carboxylic acid groups (broad SMARTS) is 1. The third-order valence-corrected chi connectivity index (χ3v) is 3.58. The zero-order valence-corrected chi connectivity index (χ0v) is 9.39. The molecule has 1 N–H and O–H groups in total. The molecular weight excluding hydrogens is 214 g/mol. The van der Waals surface area contributed by atoms with E-state index in [9.17, 15) is 9.90 Å². The van der Waals surface area contributed by atoms with Crippen molar-refractivity contribution in [2.45, 2.75) is 19.3 Å². The Bertz CT molecular complexity index is 582. The highest BCUT2D eigenvalue weighted by Gasteiger charge is 2.50. The summed E-state index contributed by atoms with van der Waals surface area (Å²) in [5, 5.41) is 10.3. The lowest BCUT2D eigenvalue weighted by Gasteiger charge is -2.11. The molecule has 86 valence electrons. The molecule has 1 saturated carbocycles. The van der Waals surface area contributed by atoms with Gasteiger partial charge < -0.3 is 5.11 Å². The van der Waals surface area contributed by atoms with E-state index in [2.05, 4.69) is 4.98 Å². The molecular formula is C14H13NO2. The summed E-state index contributed by atoms with van der Waals surface area (Å²) < 4.78 is 0. The van der Waals surface area contributed by atoms with Crippen molar-refractivity contribution >= 4 is 16.9 Å². The number of hydrogen-bond donors (Lipinski definition) is 1. The maximum absolute atomic E-state index is 11.2. The van der Waals surface area contributed by atoms with Crippen molar-refractivity contribution in [2.24, 2.45) is 5.41 Å². The smallest absolute Gasteiger partial charge is 0.309 e. The van der Waals surface area contributed by atoms with Crippen LogP contribution in [0, 0.1) is 5.41 Å². The van der Waals surface area contributed by atoms with Crippen LogP contribution in [-0.2, 0) is 11.2 Å². The van der Waals surface area contributed by atoms with Gasteiger partial charge in [0.1, 0.15) is 0 Å². The highest BCUT2D eigenvalue weighted by Crippen LogP contribution is 2.49. The van der Waals surface area contributed by atoms with E-state index in [1.807, 2.05) is 30.3 Å². The van der Waals surface area contributed by atoms with E-state index in [-0.39, 0.29) is 0 Å². The number of carboxylic acids is 1. The highest BCUT2D eigenvalue weighted by molar-refractivity contribution is 5.84. The average Bonchev–Trinajstić information content (AvgIpc) is 3.11. The third-order valence-electron chi connectivity index (χ3n) is 3.58. The number of benzene rings is 1. The number of aliphatic carboxylic acids is 1. The van der Waals surface area contributed by atoms with Gasteiger partial charge in [-0.1, -0.05) is 18.2 Å². The molecule has 0 atom stereocenters. The number of hydrogen-bond acceptors (Lipinski definition) is 2. The Kier molecular flexibility index (Phi) is 2.15. The molecule has 1 aromatic heterocycles. The molecule has 0 radical (unpaired) electrons. The lowest BCUT2D eigenvalue weighted by atomic mass is 9.94. The van der Waals surface area contributed by atoms with Crippen molar-refractivity contribution < 1.29 is 9.90 Å². The van der Waals surface area contributed by atoms with Gasteiger partial charge in [-0.25, -0.2) is 0 Å². The van der Waals surface area contributed by atoms with Crippen LogP contribution in [0.4, 0.5) is 0 Å². The van der Waals surface area contributed by atoms with Crippen LogP contribution < -0.4 is 0 Å². The van der Waals surface area contributed by atoms with Gasteiger partial charge in [-0.15, -0.1) is 0 Å². The van der Waals surface area contributed by atoms with Crippen LogP contribution in [0.3, 0.4) is 0 Å². The predicted octanol–water partition coefficient (Wildman–Crippen LogP) is 2.64. The van der Waals surface area contributed by atoms with Gasteiger partial charge in [0, 0.05) is 11.6 Å². The topological polar surface area (TPSA) is 50.2 Å². The molecule has 0 amide bonds. The number of carbonyl (C=O) groups is 1. The number of aromatic nitrogens is 1. The molecule has 3 nitrogen and oxygen atoms in total. The molecule has 1 heterocycles. The average molecular weight is 227 g/mol. The Morgan fingerprint density at radius 2 is 2.06 bits per heavy atom. The first-order valence-corrected chi connectivity index (χ1v) is 5.77. The first-order chi connectivity index (χ1) is 8.21. The van der Waals surface area contributed by atoms with Crippen LogP contribution in [0.25, 0.3) is 10.9 Å². The minimum atomic E-state index is -0.668. The van der Waals surface area contributed by atoms with Gasteiger partial charge in [-0.05, 0) is 37.0 Å². The van der Waals surface area contributed by atoms with Gasteiger partial charge in [0.25, 0.3) is 0 Å². The van der Waals surface area contributed by atoms with E-state index in [4.69, 9.17) is 0 Å². The molecule has 0 saturated heterocycles. The van der Waals surface area contributed by atoms with Crippen molar-refractivity contribution in [3.63, 3.8) is 0 Å².